The maximum Gasteiger partial charge on any atom is 0.490 e. The summed E-state index contributed by atoms with van der Waals surface area (Å²) >= 11 is 1.16. The van der Waals surface area contributed by atoms with Crippen LogP contribution in [0, 0.1) is 0 Å². The molecule has 0 radical (unpaired) electrons. The number of hydrogen-bond acceptors (Lipinski definition) is 10. The van der Waals surface area contributed by atoms with E-state index in [0.717, 1.165) is 16.7 Å². The van der Waals surface area contributed by atoms with Crippen LogP contribution in [0.1, 0.15) is 18.5 Å². The molecule has 1 aromatic carbocycles. The Morgan fingerprint density at radius 3 is 2.24 bits per heavy atom. The number of nitrogens with zero attached hydrogens (tertiary/aromatic N) is 1. The van der Waals surface area contributed by atoms with E-state index >= 15 is 0 Å². The van der Waals surface area contributed by atoms with E-state index in [1.165, 1.54) is 38.3 Å². The van der Waals surface area contributed by atoms with E-state index in [2.05, 4.69) is 5.32 Å². The van der Waals surface area contributed by atoms with E-state index < -0.39 is 53.0 Å². The number of carboxylic acid groups (broad SMARTS) is 2. The van der Waals surface area contributed by atoms with Crippen LogP contribution in [0.25, 0.3) is 0 Å². The number of ether oxygens (including phenoxy) is 2. The van der Waals surface area contributed by atoms with Gasteiger partial charge in [-0.1, -0.05) is 12.1 Å². The Morgan fingerprint density at radius 1 is 1.24 bits per heavy atom. The molecule has 3 rings (SSSR count). The largest absolute Gasteiger partial charge is 0.508 e. The SMILES string of the molecule is CO[C@@]1(NC(=O)C(N)c2ccc(O)cc2)C(=O)N2C(C(=O)O)=C(COC(C)=O)CS[C@H]21.O=C(O)C(F)(F)F. The van der Waals surface area contributed by atoms with Crippen molar-refractivity contribution in [3.05, 3.63) is 41.1 Å². The third kappa shape index (κ3) is 6.35. The van der Waals surface area contributed by atoms with Crippen LogP contribution in [0.4, 0.5) is 13.2 Å². The number of carboxylic acids is 2. The molecule has 0 bridgehead atoms. The molecule has 0 saturated carbocycles. The minimum Gasteiger partial charge on any atom is -0.508 e. The number of amides is 2. The predicted octanol–water partition coefficient (Wildman–Crippen LogP) is 0.301. The number of benzene rings is 1. The fraction of sp³-hybridized carbons (Fsp3) is 0.381. The summed E-state index contributed by atoms with van der Waals surface area (Å²) in [5, 5.41) is 27.8. The molecular weight excluding hydrogens is 543 g/mol. The topological polar surface area (TPSA) is 206 Å². The highest BCUT2D eigenvalue weighted by Crippen LogP contribution is 2.46. The molecule has 2 heterocycles. The molecule has 17 heteroatoms. The van der Waals surface area contributed by atoms with Crippen molar-refractivity contribution in [2.75, 3.05) is 19.5 Å². The number of halogens is 3. The number of aliphatic carboxylic acids is 2. The standard InChI is InChI=1S/C19H21N3O8S.C2HF3O2/c1-9(23)30-7-11-8-31-18-19(29-2,17(28)22(18)14(11)16(26)27)21-15(25)13(20)10-3-5-12(24)6-4-10;3-2(4,5)1(6)7/h3-6,13,18,24H,7-8,20H2,1-2H3,(H,21,25)(H,26,27);(H,6,7)/t13?,18-,19-;/m0./s1. The molecule has 0 aromatic heterocycles. The Bertz CT molecular complexity index is 1160. The molecule has 1 aromatic rings. The summed E-state index contributed by atoms with van der Waals surface area (Å²) in [7, 11) is 1.22. The highest BCUT2D eigenvalue weighted by atomic mass is 32.2. The van der Waals surface area contributed by atoms with Gasteiger partial charge in [0.05, 0.1) is 0 Å². The second kappa shape index (κ2) is 11.7. The molecule has 1 unspecified atom stereocenters. The molecule has 0 aliphatic carbocycles. The van der Waals surface area contributed by atoms with Gasteiger partial charge in [-0.05, 0) is 17.7 Å². The quantitative estimate of drug-likeness (QED) is 0.172. The van der Waals surface area contributed by atoms with E-state index in [-0.39, 0.29) is 29.4 Å². The summed E-state index contributed by atoms with van der Waals surface area (Å²) < 4.78 is 42.0. The van der Waals surface area contributed by atoms with Crippen LogP contribution in [-0.2, 0) is 33.4 Å². The van der Waals surface area contributed by atoms with Crippen LogP contribution in [0.3, 0.4) is 0 Å². The first kappa shape index (κ1) is 30.4. The molecular formula is C21H22F3N3O10S. The zero-order valence-electron chi connectivity index (χ0n) is 19.6. The zero-order chi connectivity index (χ0) is 29.0. The summed E-state index contributed by atoms with van der Waals surface area (Å²) in [6, 6.07) is 4.52. The molecule has 0 spiro atoms. The van der Waals surface area contributed by atoms with Crippen molar-refractivity contribution in [1.82, 2.24) is 10.2 Å². The monoisotopic (exact) mass is 565 g/mol. The van der Waals surface area contributed by atoms with Gasteiger partial charge in [0.2, 0.25) is 5.91 Å². The van der Waals surface area contributed by atoms with Crippen LogP contribution in [0.15, 0.2) is 35.5 Å². The van der Waals surface area contributed by atoms with E-state index in [0.29, 0.717) is 5.56 Å². The lowest BCUT2D eigenvalue weighted by Crippen LogP contribution is -2.81. The lowest BCUT2D eigenvalue weighted by molar-refractivity contribution is -0.193. The normalized spacial score (nSPS) is 21.3. The highest BCUT2D eigenvalue weighted by Gasteiger charge is 2.66. The Labute approximate surface area is 216 Å². The Kier molecular flexibility index (Phi) is 9.36. The number of β-lactam (4-membered cyclic amide) rings is 1. The van der Waals surface area contributed by atoms with Gasteiger partial charge in [0, 0.05) is 25.4 Å². The van der Waals surface area contributed by atoms with Crippen LogP contribution in [0.2, 0.25) is 0 Å². The van der Waals surface area contributed by atoms with Crippen molar-refractivity contribution in [1.29, 1.82) is 0 Å². The van der Waals surface area contributed by atoms with Gasteiger partial charge in [-0.25, -0.2) is 9.59 Å². The van der Waals surface area contributed by atoms with Crippen molar-refractivity contribution in [2.24, 2.45) is 5.73 Å². The number of methoxy groups -OCH3 is 1. The lowest BCUT2D eigenvalue weighted by Gasteiger charge is -2.55. The Morgan fingerprint density at radius 2 is 1.79 bits per heavy atom. The molecule has 13 nitrogen and oxygen atoms in total. The van der Waals surface area contributed by atoms with E-state index in [1.807, 2.05) is 0 Å². The van der Waals surface area contributed by atoms with Gasteiger partial charge in [-0.2, -0.15) is 13.2 Å². The molecule has 1 saturated heterocycles. The van der Waals surface area contributed by atoms with Crippen molar-refractivity contribution < 1.29 is 61.9 Å². The predicted molar refractivity (Wildman–Crippen MR) is 121 cm³/mol. The minimum atomic E-state index is -5.08. The van der Waals surface area contributed by atoms with E-state index in [9.17, 15) is 42.6 Å². The van der Waals surface area contributed by atoms with Crippen molar-refractivity contribution in [3.63, 3.8) is 0 Å². The summed E-state index contributed by atoms with van der Waals surface area (Å²) in [5.41, 5.74) is 4.53. The van der Waals surface area contributed by atoms with Crippen LogP contribution >= 0.6 is 11.8 Å². The maximum atomic E-state index is 13.0. The van der Waals surface area contributed by atoms with Crippen molar-refractivity contribution in [2.45, 2.75) is 30.2 Å². The molecule has 38 heavy (non-hydrogen) atoms. The number of phenols is 1. The number of thioether (sulfide) groups is 1. The first-order valence-corrected chi connectivity index (χ1v) is 11.4. The number of aromatic hydroxyl groups is 1. The van der Waals surface area contributed by atoms with Gasteiger partial charge < -0.3 is 35.8 Å². The molecule has 2 aliphatic heterocycles. The molecule has 208 valence electrons. The number of alkyl halides is 3. The highest BCUT2D eigenvalue weighted by molar-refractivity contribution is 8.00. The van der Waals surface area contributed by atoms with Crippen molar-refractivity contribution >= 4 is 41.5 Å². The third-order valence-electron chi connectivity index (χ3n) is 5.17. The number of fused-ring (bicyclic) bond motifs is 1. The number of carbonyl (C=O) groups is 5. The maximum absolute atomic E-state index is 13.0. The lowest BCUT2D eigenvalue weighted by atomic mass is 9.97. The van der Waals surface area contributed by atoms with E-state index in [1.54, 1.807) is 0 Å². The number of nitrogens with one attached hydrogen (secondary N) is 1. The van der Waals surface area contributed by atoms with Crippen LogP contribution < -0.4 is 11.1 Å². The smallest absolute Gasteiger partial charge is 0.490 e. The fourth-order valence-electron chi connectivity index (χ4n) is 3.34. The summed E-state index contributed by atoms with van der Waals surface area (Å²) in [4.78, 5) is 58.5. The van der Waals surface area contributed by atoms with Crippen LogP contribution in [0.5, 0.6) is 5.75 Å². The average Bonchev–Trinajstić information content (AvgIpc) is 2.84. The molecule has 3 atom stereocenters. The van der Waals surface area contributed by atoms with Gasteiger partial charge in [0.25, 0.3) is 11.6 Å². The minimum absolute atomic E-state index is 0.00526. The Hall–Kier alpha value is -3.83. The Balaban J connectivity index is 0.000000638. The van der Waals surface area contributed by atoms with E-state index in [4.69, 9.17) is 25.1 Å². The van der Waals surface area contributed by atoms with Gasteiger partial charge in [0.15, 0.2) is 0 Å². The molecule has 2 amide bonds. The number of phenolic OH excluding ortho intramolecular Hbond substituents is 1. The molecule has 1 fully saturated rings. The van der Waals surface area contributed by atoms with Gasteiger partial charge in [-0.3, -0.25) is 19.3 Å². The number of esters is 1. The molecule has 6 N–H and O–H groups in total. The van der Waals surface area contributed by atoms with Gasteiger partial charge >= 0.3 is 24.1 Å². The summed E-state index contributed by atoms with van der Waals surface area (Å²) in [5.74, 6) is -6.05. The molecule has 2 aliphatic rings. The average molecular weight is 565 g/mol. The van der Waals surface area contributed by atoms with Crippen molar-refractivity contribution in [3.8, 4) is 5.75 Å². The fourth-order valence-corrected chi connectivity index (χ4v) is 4.76. The first-order valence-electron chi connectivity index (χ1n) is 10.3. The number of hydrogen-bond donors (Lipinski definition) is 5. The third-order valence-corrected chi connectivity index (χ3v) is 6.54. The number of carbonyl (C=O) groups excluding carboxylic acids is 3. The first-order chi connectivity index (χ1) is 17.6. The number of nitrogens with two attached hydrogens (primary N) is 1. The second-order valence-corrected chi connectivity index (χ2v) is 8.75. The summed E-state index contributed by atoms with van der Waals surface area (Å²) in [6.45, 7) is 0.926. The van der Waals surface area contributed by atoms with Gasteiger partial charge in [0.1, 0.15) is 29.5 Å². The van der Waals surface area contributed by atoms with Crippen LogP contribution in [-0.4, -0.2) is 86.7 Å². The summed E-state index contributed by atoms with van der Waals surface area (Å²) in [6.07, 6.45) is -5.08. The second-order valence-electron chi connectivity index (χ2n) is 7.68. The zero-order valence-corrected chi connectivity index (χ0v) is 20.5. The number of rotatable bonds is 7. The van der Waals surface area contributed by atoms with Gasteiger partial charge in [-0.15, -0.1) is 11.8 Å².